The number of para-hydroxylation sites is 1. The van der Waals surface area contributed by atoms with Gasteiger partial charge in [0.05, 0.1) is 0 Å². The fourth-order valence-electron chi connectivity index (χ4n) is 2.83. The zero-order valence-electron chi connectivity index (χ0n) is 17.2. The Bertz CT molecular complexity index is 1030. The second kappa shape index (κ2) is 9.60. The Morgan fingerprint density at radius 3 is 2.27 bits per heavy atom. The maximum atomic E-state index is 12.6. The number of ether oxygens (including phenoxy) is 1. The molecule has 0 fully saturated rings. The molecule has 3 N–H and O–H groups in total. The number of benzene rings is 3. The Morgan fingerprint density at radius 1 is 0.800 bits per heavy atom. The minimum atomic E-state index is -0.677. The van der Waals surface area contributed by atoms with E-state index >= 15 is 0 Å². The van der Waals surface area contributed by atoms with E-state index < -0.39 is 6.10 Å². The number of hydrogen-bond acceptors (Lipinski definition) is 3. The van der Waals surface area contributed by atoms with E-state index in [0.29, 0.717) is 22.8 Å². The molecule has 0 aliphatic rings. The summed E-state index contributed by atoms with van der Waals surface area (Å²) in [5, 5.41) is 8.40. The van der Waals surface area contributed by atoms with Gasteiger partial charge in [-0.25, -0.2) is 4.79 Å². The van der Waals surface area contributed by atoms with Gasteiger partial charge in [0.2, 0.25) is 0 Å². The molecule has 1 atom stereocenters. The predicted octanol–water partition coefficient (Wildman–Crippen LogP) is 5.35. The molecule has 0 saturated heterocycles. The molecule has 0 saturated carbocycles. The SMILES string of the molecule is Cc1cccc(OC(C)C(=O)Nc2cc(NC(=O)Nc3ccccc3)ccc2C)c1. The highest BCUT2D eigenvalue weighted by Crippen LogP contribution is 2.22. The summed E-state index contributed by atoms with van der Waals surface area (Å²) in [6.45, 7) is 5.55. The lowest BCUT2D eigenvalue weighted by Gasteiger charge is -2.17. The van der Waals surface area contributed by atoms with Gasteiger partial charge in [0, 0.05) is 17.1 Å². The highest BCUT2D eigenvalue weighted by atomic mass is 16.5. The predicted molar refractivity (Wildman–Crippen MR) is 120 cm³/mol. The van der Waals surface area contributed by atoms with Crippen LogP contribution >= 0.6 is 0 Å². The summed E-state index contributed by atoms with van der Waals surface area (Å²) in [6.07, 6.45) is -0.677. The van der Waals surface area contributed by atoms with Gasteiger partial charge in [-0.3, -0.25) is 4.79 Å². The Kier molecular flexibility index (Phi) is 6.70. The van der Waals surface area contributed by atoms with Crippen molar-refractivity contribution in [3.8, 4) is 5.75 Å². The zero-order chi connectivity index (χ0) is 21.5. The lowest BCUT2D eigenvalue weighted by Crippen LogP contribution is -2.30. The average Bonchev–Trinajstić information content (AvgIpc) is 2.71. The first-order chi connectivity index (χ1) is 14.4. The molecule has 0 radical (unpaired) electrons. The van der Waals surface area contributed by atoms with Gasteiger partial charge in [0.25, 0.3) is 5.91 Å². The zero-order valence-corrected chi connectivity index (χ0v) is 17.2. The lowest BCUT2D eigenvalue weighted by atomic mass is 10.1. The van der Waals surface area contributed by atoms with Crippen molar-refractivity contribution in [3.05, 3.63) is 83.9 Å². The summed E-state index contributed by atoms with van der Waals surface area (Å²) >= 11 is 0. The molecule has 0 bridgehead atoms. The van der Waals surface area contributed by atoms with E-state index in [9.17, 15) is 9.59 Å². The van der Waals surface area contributed by atoms with E-state index in [-0.39, 0.29) is 11.9 Å². The van der Waals surface area contributed by atoms with Crippen molar-refractivity contribution in [2.75, 3.05) is 16.0 Å². The summed E-state index contributed by atoms with van der Waals surface area (Å²) in [5.74, 6) is 0.368. The molecular weight excluding hydrogens is 378 g/mol. The van der Waals surface area contributed by atoms with Crippen LogP contribution in [0.2, 0.25) is 0 Å². The van der Waals surface area contributed by atoms with Crippen LogP contribution in [0.1, 0.15) is 18.1 Å². The third kappa shape index (κ3) is 5.85. The van der Waals surface area contributed by atoms with Crippen LogP contribution < -0.4 is 20.7 Å². The van der Waals surface area contributed by atoms with Crippen LogP contribution in [0, 0.1) is 13.8 Å². The summed E-state index contributed by atoms with van der Waals surface area (Å²) < 4.78 is 5.74. The molecule has 154 valence electrons. The molecule has 3 rings (SSSR count). The van der Waals surface area contributed by atoms with E-state index in [0.717, 1.165) is 11.1 Å². The monoisotopic (exact) mass is 403 g/mol. The van der Waals surface area contributed by atoms with Crippen molar-refractivity contribution in [3.63, 3.8) is 0 Å². The third-order valence-electron chi connectivity index (χ3n) is 4.46. The Morgan fingerprint density at radius 2 is 1.53 bits per heavy atom. The molecular formula is C24H25N3O3. The molecule has 3 amide bonds. The molecule has 1 unspecified atom stereocenters. The number of nitrogens with one attached hydrogen (secondary N) is 3. The van der Waals surface area contributed by atoms with E-state index in [4.69, 9.17) is 4.74 Å². The van der Waals surface area contributed by atoms with Crippen LogP contribution in [-0.2, 0) is 4.79 Å². The molecule has 0 aliphatic carbocycles. The van der Waals surface area contributed by atoms with Crippen LogP contribution in [0.15, 0.2) is 72.8 Å². The summed E-state index contributed by atoms with van der Waals surface area (Å²) in [5.41, 5.74) is 3.80. The molecule has 0 aliphatic heterocycles. The van der Waals surface area contributed by atoms with Gasteiger partial charge in [0.15, 0.2) is 6.10 Å². The van der Waals surface area contributed by atoms with Crippen molar-refractivity contribution >= 4 is 29.0 Å². The minimum absolute atomic E-state index is 0.273. The highest BCUT2D eigenvalue weighted by Gasteiger charge is 2.16. The van der Waals surface area contributed by atoms with E-state index in [1.165, 1.54) is 0 Å². The summed E-state index contributed by atoms with van der Waals surface area (Å²) in [4.78, 5) is 24.8. The Balaban J connectivity index is 1.62. The lowest BCUT2D eigenvalue weighted by molar-refractivity contribution is -0.122. The fraction of sp³-hybridized carbons (Fsp3) is 0.167. The standard InChI is InChI=1S/C24H25N3O3/c1-16-8-7-11-21(14-16)30-18(3)23(28)27-22-15-20(13-12-17(22)2)26-24(29)25-19-9-5-4-6-10-19/h4-15,18H,1-3H3,(H,27,28)(H2,25,26,29). The topological polar surface area (TPSA) is 79.5 Å². The summed E-state index contributed by atoms with van der Waals surface area (Å²) in [6, 6.07) is 21.7. The van der Waals surface area contributed by atoms with Crippen LogP contribution in [-0.4, -0.2) is 18.0 Å². The maximum Gasteiger partial charge on any atom is 0.323 e. The minimum Gasteiger partial charge on any atom is -0.481 e. The van der Waals surface area contributed by atoms with Gasteiger partial charge in [-0.1, -0.05) is 36.4 Å². The quantitative estimate of drug-likeness (QED) is 0.519. The van der Waals surface area contributed by atoms with Crippen molar-refractivity contribution in [1.29, 1.82) is 0 Å². The van der Waals surface area contributed by atoms with Crippen molar-refractivity contribution in [2.24, 2.45) is 0 Å². The number of aryl methyl sites for hydroxylation is 2. The van der Waals surface area contributed by atoms with E-state index in [1.54, 1.807) is 31.2 Å². The molecule has 3 aromatic rings. The molecule has 30 heavy (non-hydrogen) atoms. The number of urea groups is 1. The number of rotatable bonds is 6. The second-order valence-corrected chi connectivity index (χ2v) is 7.04. The smallest absolute Gasteiger partial charge is 0.323 e. The second-order valence-electron chi connectivity index (χ2n) is 7.04. The molecule has 6 heteroatoms. The van der Waals surface area contributed by atoms with Gasteiger partial charge in [-0.05, 0) is 68.3 Å². The van der Waals surface area contributed by atoms with E-state index in [1.807, 2.05) is 62.4 Å². The molecule has 0 heterocycles. The normalized spacial score (nSPS) is 11.3. The first kappa shape index (κ1) is 20.9. The molecule has 0 spiro atoms. The molecule has 3 aromatic carbocycles. The van der Waals surface area contributed by atoms with Crippen molar-refractivity contribution in [2.45, 2.75) is 26.9 Å². The first-order valence-electron chi connectivity index (χ1n) is 9.68. The van der Waals surface area contributed by atoms with E-state index in [2.05, 4.69) is 16.0 Å². The summed E-state index contributed by atoms with van der Waals surface area (Å²) in [7, 11) is 0. The number of hydrogen-bond donors (Lipinski definition) is 3. The van der Waals surface area contributed by atoms with Crippen LogP contribution in [0.3, 0.4) is 0 Å². The Labute approximate surface area is 176 Å². The van der Waals surface area contributed by atoms with Crippen LogP contribution in [0.5, 0.6) is 5.75 Å². The van der Waals surface area contributed by atoms with Gasteiger partial charge >= 0.3 is 6.03 Å². The molecule has 6 nitrogen and oxygen atoms in total. The van der Waals surface area contributed by atoms with Crippen LogP contribution in [0.4, 0.5) is 21.9 Å². The number of anilines is 3. The van der Waals surface area contributed by atoms with Crippen molar-refractivity contribution < 1.29 is 14.3 Å². The molecule has 0 aromatic heterocycles. The highest BCUT2D eigenvalue weighted by molar-refractivity contribution is 6.01. The maximum absolute atomic E-state index is 12.6. The van der Waals surface area contributed by atoms with Gasteiger partial charge in [-0.2, -0.15) is 0 Å². The first-order valence-corrected chi connectivity index (χ1v) is 9.68. The average molecular weight is 403 g/mol. The Hall–Kier alpha value is -3.80. The van der Waals surface area contributed by atoms with Crippen LogP contribution in [0.25, 0.3) is 0 Å². The number of carbonyl (C=O) groups excluding carboxylic acids is 2. The largest absolute Gasteiger partial charge is 0.481 e. The fourth-order valence-corrected chi connectivity index (χ4v) is 2.83. The third-order valence-corrected chi connectivity index (χ3v) is 4.46. The van der Waals surface area contributed by atoms with Gasteiger partial charge in [0.1, 0.15) is 5.75 Å². The number of carbonyl (C=O) groups is 2. The van der Waals surface area contributed by atoms with Gasteiger partial charge in [-0.15, -0.1) is 0 Å². The van der Waals surface area contributed by atoms with Crippen molar-refractivity contribution in [1.82, 2.24) is 0 Å². The van der Waals surface area contributed by atoms with Gasteiger partial charge < -0.3 is 20.7 Å². The number of amides is 3.